The number of carbonyl (C=O) groups is 2. The highest BCUT2D eigenvalue weighted by Gasteiger charge is 2.22. The maximum absolute atomic E-state index is 12.0. The summed E-state index contributed by atoms with van der Waals surface area (Å²) >= 11 is 0. The van der Waals surface area contributed by atoms with E-state index in [-0.39, 0.29) is 17.9 Å². The second kappa shape index (κ2) is 6.05. The van der Waals surface area contributed by atoms with Crippen LogP contribution >= 0.6 is 0 Å². The van der Waals surface area contributed by atoms with Crippen molar-refractivity contribution in [3.63, 3.8) is 0 Å². The second-order valence-corrected chi connectivity index (χ2v) is 5.29. The molecule has 2 amide bonds. The van der Waals surface area contributed by atoms with Crippen LogP contribution in [0.2, 0.25) is 0 Å². The van der Waals surface area contributed by atoms with E-state index in [2.05, 4.69) is 5.32 Å². The van der Waals surface area contributed by atoms with Gasteiger partial charge in [-0.15, -0.1) is 0 Å². The van der Waals surface area contributed by atoms with Gasteiger partial charge in [0.1, 0.15) is 0 Å². The lowest BCUT2D eigenvalue weighted by atomic mass is 10.1. The summed E-state index contributed by atoms with van der Waals surface area (Å²) in [6, 6.07) is 5.57. The maximum Gasteiger partial charge on any atom is 0.251 e. The molecule has 0 spiro atoms. The SMILES string of the molecule is CC(=O)N1CCc2cc(C(=O)NCCC(C)N)ccc21. The Labute approximate surface area is 119 Å². The van der Waals surface area contributed by atoms with Crippen LogP contribution in [-0.2, 0) is 11.2 Å². The third-order valence-corrected chi connectivity index (χ3v) is 3.50. The lowest BCUT2D eigenvalue weighted by molar-refractivity contribution is -0.116. The molecule has 5 nitrogen and oxygen atoms in total. The first-order chi connectivity index (χ1) is 9.49. The molecule has 1 atom stereocenters. The molecule has 0 aromatic heterocycles. The Bertz CT molecular complexity index is 526. The van der Waals surface area contributed by atoms with Gasteiger partial charge in [-0.2, -0.15) is 0 Å². The van der Waals surface area contributed by atoms with E-state index >= 15 is 0 Å². The quantitative estimate of drug-likeness (QED) is 0.863. The third-order valence-electron chi connectivity index (χ3n) is 3.50. The van der Waals surface area contributed by atoms with E-state index in [4.69, 9.17) is 5.73 Å². The van der Waals surface area contributed by atoms with Crippen LogP contribution in [0.1, 0.15) is 36.2 Å². The lowest BCUT2D eigenvalue weighted by Gasteiger charge is -2.14. The van der Waals surface area contributed by atoms with Crippen molar-refractivity contribution in [2.45, 2.75) is 32.7 Å². The molecule has 0 saturated heterocycles. The zero-order chi connectivity index (χ0) is 14.7. The van der Waals surface area contributed by atoms with Crippen molar-refractivity contribution < 1.29 is 9.59 Å². The smallest absolute Gasteiger partial charge is 0.251 e. The number of anilines is 1. The average molecular weight is 275 g/mol. The first-order valence-corrected chi connectivity index (χ1v) is 6.94. The topological polar surface area (TPSA) is 75.4 Å². The molecule has 1 aliphatic rings. The van der Waals surface area contributed by atoms with Crippen LogP contribution in [0.15, 0.2) is 18.2 Å². The van der Waals surface area contributed by atoms with Crippen LogP contribution in [0.25, 0.3) is 0 Å². The van der Waals surface area contributed by atoms with E-state index in [1.165, 1.54) is 0 Å². The van der Waals surface area contributed by atoms with Gasteiger partial charge in [0.15, 0.2) is 0 Å². The van der Waals surface area contributed by atoms with Gasteiger partial charge in [-0.1, -0.05) is 0 Å². The Hall–Kier alpha value is -1.88. The van der Waals surface area contributed by atoms with Gasteiger partial charge in [-0.05, 0) is 43.5 Å². The number of nitrogens with one attached hydrogen (secondary N) is 1. The molecule has 1 heterocycles. The molecule has 0 radical (unpaired) electrons. The molecule has 1 aliphatic heterocycles. The summed E-state index contributed by atoms with van der Waals surface area (Å²) in [5.41, 5.74) is 8.26. The zero-order valence-corrected chi connectivity index (χ0v) is 12.0. The van der Waals surface area contributed by atoms with Gasteiger partial charge in [0.2, 0.25) is 5.91 Å². The molecule has 0 bridgehead atoms. The molecule has 0 aliphatic carbocycles. The third kappa shape index (κ3) is 3.17. The van der Waals surface area contributed by atoms with Crippen molar-refractivity contribution in [2.24, 2.45) is 5.73 Å². The van der Waals surface area contributed by atoms with E-state index in [9.17, 15) is 9.59 Å². The minimum Gasteiger partial charge on any atom is -0.352 e. The highest BCUT2D eigenvalue weighted by molar-refractivity contribution is 5.97. The number of benzene rings is 1. The fraction of sp³-hybridized carbons (Fsp3) is 0.467. The van der Waals surface area contributed by atoms with Crippen LogP contribution in [0.3, 0.4) is 0 Å². The van der Waals surface area contributed by atoms with E-state index < -0.39 is 0 Å². The van der Waals surface area contributed by atoms with Crippen molar-refractivity contribution in [1.82, 2.24) is 5.32 Å². The van der Waals surface area contributed by atoms with Gasteiger partial charge in [0, 0.05) is 37.3 Å². The van der Waals surface area contributed by atoms with E-state index in [0.717, 1.165) is 24.1 Å². The van der Waals surface area contributed by atoms with Gasteiger partial charge in [0.25, 0.3) is 5.91 Å². The first-order valence-electron chi connectivity index (χ1n) is 6.94. The Balaban J connectivity index is 2.05. The summed E-state index contributed by atoms with van der Waals surface area (Å²) in [5, 5.41) is 2.86. The monoisotopic (exact) mass is 275 g/mol. The van der Waals surface area contributed by atoms with Crippen molar-refractivity contribution in [3.8, 4) is 0 Å². The molecule has 1 aromatic carbocycles. The summed E-state index contributed by atoms with van der Waals surface area (Å²) in [6.07, 6.45) is 1.56. The van der Waals surface area contributed by atoms with Crippen LogP contribution in [0, 0.1) is 0 Å². The molecule has 0 saturated carbocycles. The second-order valence-electron chi connectivity index (χ2n) is 5.29. The van der Waals surface area contributed by atoms with Gasteiger partial charge >= 0.3 is 0 Å². The Kier molecular flexibility index (Phi) is 4.39. The molecular weight excluding hydrogens is 254 g/mol. The predicted octanol–water partition coefficient (Wildman–Crippen LogP) is 1.06. The summed E-state index contributed by atoms with van der Waals surface area (Å²) < 4.78 is 0. The summed E-state index contributed by atoms with van der Waals surface area (Å²) in [5.74, 6) is -0.0485. The van der Waals surface area contributed by atoms with Crippen LogP contribution < -0.4 is 16.0 Å². The minimum absolute atomic E-state index is 0.0397. The van der Waals surface area contributed by atoms with Gasteiger partial charge in [-0.25, -0.2) is 0 Å². The van der Waals surface area contributed by atoms with E-state index in [1.807, 2.05) is 19.1 Å². The molecule has 108 valence electrons. The van der Waals surface area contributed by atoms with Gasteiger partial charge in [-0.3, -0.25) is 9.59 Å². The maximum atomic E-state index is 12.0. The number of amides is 2. The normalized spacial score (nSPS) is 14.8. The largest absolute Gasteiger partial charge is 0.352 e. The van der Waals surface area contributed by atoms with Crippen LogP contribution in [0.5, 0.6) is 0 Å². The molecular formula is C15H21N3O2. The Morgan fingerprint density at radius 1 is 1.45 bits per heavy atom. The Morgan fingerprint density at radius 2 is 2.20 bits per heavy atom. The number of rotatable bonds is 4. The van der Waals surface area contributed by atoms with Crippen molar-refractivity contribution in [3.05, 3.63) is 29.3 Å². The minimum atomic E-state index is -0.0882. The standard InChI is InChI=1S/C15H21N3O2/c1-10(16)5-7-17-15(20)13-3-4-14-12(9-13)6-8-18(14)11(2)19/h3-4,9-10H,5-8,16H2,1-2H3,(H,17,20). The summed E-state index contributed by atoms with van der Waals surface area (Å²) in [6.45, 7) is 4.75. The number of hydrogen-bond acceptors (Lipinski definition) is 3. The lowest BCUT2D eigenvalue weighted by Crippen LogP contribution is -2.29. The van der Waals surface area contributed by atoms with Crippen molar-refractivity contribution in [1.29, 1.82) is 0 Å². The number of fused-ring (bicyclic) bond motifs is 1. The Morgan fingerprint density at radius 3 is 2.85 bits per heavy atom. The number of carbonyl (C=O) groups excluding carboxylic acids is 2. The fourth-order valence-corrected chi connectivity index (χ4v) is 2.39. The van der Waals surface area contributed by atoms with Crippen LogP contribution in [0.4, 0.5) is 5.69 Å². The summed E-state index contributed by atoms with van der Waals surface area (Å²) in [7, 11) is 0. The van der Waals surface area contributed by atoms with Crippen LogP contribution in [-0.4, -0.2) is 30.9 Å². The molecule has 2 rings (SSSR count). The average Bonchev–Trinajstić information content (AvgIpc) is 2.80. The predicted molar refractivity (Wildman–Crippen MR) is 78.8 cm³/mol. The highest BCUT2D eigenvalue weighted by Crippen LogP contribution is 2.28. The van der Waals surface area contributed by atoms with E-state index in [1.54, 1.807) is 17.9 Å². The molecule has 20 heavy (non-hydrogen) atoms. The first kappa shape index (κ1) is 14.5. The van der Waals surface area contributed by atoms with Crippen molar-refractivity contribution >= 4 is 17.5 Å². The van der Waals surface area contributed by atoms with Gasteiger partial charge in [0.05, 0.1) is 0 Å². The highest BCUT2D eigenvalue weighted by atomic mass is 16.2. The van der Waals surface area contributed by atoms with Gasteiger partial charge < -0.3 is 16.0 Å². The summed E-state index contributed by atoms with van der Waals surface area (Å²) in [4.78, 5) is 25.2. The van der Waals surface area contributed by atoms with Crippen molar-refractivity contribution in [2.75, 3.05) is 18.0 Å². The molecule has 3 N–H and O–H groups in total. The number of nitrogens with two attached hydrogens (primary N) is 1. The molecule has 5 heteroatoms. The number of nitrogens with zero attached hydrogens (tertiary/aromatic N) is 1. The van der Waals surface area contributed by atoms with E-state index in [0.29, 0.717) is 18.7 Å². The molecule has 1 aromatic rings. The number of hydrogen-bond donors (Lipinski definition) is 2. The molecule has 1 unspecified atom stereocenters. The fourth-order valence-electron chi connectivity index (χ4n) is 2.39. The molecule has 0 fully saturated rings. The zero-order valence-electron chi connectivity index (χ0n) is 12.0.